The van der Waals surface area contributed by atoms with Crippen molar-refractivity contribution in [2.24, 2.45) is 11.3 Å². The smallest absolute Gasteiger partial charge is 0.120 e. The zero-order chi connectivity index (χ0) is 11.6. The fourth-order valence-corrected chi connectivity index (χ4v) is 3.14. The van der Waals surface area contributed by atoms with Gasteiger partial charge in [-0.15, -0.1) is 0 Å². The van der Waals surface area contributed by atoms with Crippen molar-refractivity contribution in [1.82, 2.24) is 15.3 Å². The maximum absolute atomic E-state index is 4.24. The number of rotatable bonds is 3. The molecule has 0 aliphatic heterocycles. The summed E-state index contributed by atoms with van der Waals surface area (Å²) in [4.78, 5) is 7.37. The molecule has 3 nitrogen and oxygen atoms in total. The third-order valence-electron chi connectivity index (χ3n) is 3.50. The van der Waals surface area contributed by atoms with Crippen molar-refractivity contribution in [3.05, 3.63) is 18.2 Å². The molecular formula is C13H23N3. The first-order valence-corrected chi connectivity index (χ1v) is 6.27. The fourth-order valence-electron chi connectivity index (χ4n) is 3.14. The number of nitrogens with zero attached hydrogens (tertiary/aromatic N) is 1. The highest BCUT2D eigenvalue weighted by atomic mass is 15.0. The molecule has 1 aromatic heterocycles. The second-order valence-electron chi connectivity index (χ2n) is 6.03. The molecule has 2 N–H and O–H groups in total. The molecule has 1 aliphatic rings. The van der Waals surface area contributed by atoms with E-state index in [1.54, 1.807) is 0 Å². The van der Waals surface area contributed by atoms with Crippen LogP contribution in [0.3, 0.4) is 0 Å². The van der Waals surface area contributed by atoms with Gasteiger partial charge >= 0.3 is 0 Å². The minimum atomic E-state index is 0.485. The number of H-pyrrole nitrogens is 1. The minimum Gasteiger partial charge on any atom is -0.348 e. The van der Waals surface area contributed by atoms with Crippen molar-refractivity contribution in [2.75, 3.05) is 0 Å². The van der Waals surface area contributed by atoms with Gasteiger partial charge in [0.15, 0.2) is 0 Å². The molecular weight excluding hydrogens is 198 g/mol. The topological polar surface area (TPSA) is 40.7 Å². The molecule has 2 atom stereocenters. The van der Waals surface area contributed by atoms with Crippen LogP contribution in [0.5, 0.6) is 0 Å². The van der Waals surface area contributed by atoms with E-state index in [4.69, 9.17) is 0 Å². The Kier molecular flexibility index (Phi) is 3.33. The average Bonchev–Trinajstić information content (AvgIpc) is 2.63. The molecule has 16 heavy (non-hydrogen) atoms. The normalized spacial score (nSPS) is 29.2. The zero-order valence-electron chi connectivity index (χ0n) is 10.6. The Bertz CT molecular complexity index is 316. The summed E-state index contributed by atoms with van der Waals surface area (Å²) in [6.07, 6.45) is 7.61. The van der Waals surface area contributed by atoms with Crippen LogP contribution in [0.25, 0.3) is 0 Å². The van der Waals surface area contributed by atoms with Gasteiger partial charge in [0.1, 0.15) is 5.82 Å². The summed E-state index contributed by atoms with van der Waals surface area (Å²) < 4.78 is 0. The Hall–Kier alpha value is -0.830. The van der Waals surface area contributed by atoms with Crippen molar-refractivity contribution in [2.45, 2.75) is 52.6 Å². The van der Waals surface area contributed by atoms with Crippen molar-refractivity contribution in [3.8, 4) is 0 Å². The first-order valence-electron chi connectivity index (χ1n) is 6.27. The van der Waals surface area contributed by atoms with E-state index >= 15 is 0 Å². The Morgan fingerprint density at radius 3 is 2.94 bits per heavy atom. The van der Waals surface area contributed by atoms with Crippen LogP contribution in [0.2, 0.25) is 0 Å². The summed E-state index contributed by atoms with van der Waals surface area (Å²) in [5, 5.41) is 3.62. The van der Waals surface area contributed by atoms with Crippen LogP contribution in [-0.2, 0) is 6.54 Å². The second kappa shape index (κ2) is 4.58. The Labute approximate surface area is 98.1 Å². The van der Waals surface area contributed by atoms with Gasteiger partial charge in [0, 0.05) is 18.4 Å². The van der Waals surface area contributed by atoms with Crippen molar-refractivity contribution in [3.63, 3.8) is 0 Å². The minimum absolute atomic E-state index is 0.485. The van der Waals surface area contributed by atoms with Crippen LogP contribution in [0.1, 0.15) is 45.9 Å². The van der Waals surface area contributed by atoms with Gasteiger partial charge in [-0.3, -0.25) is 0 Å². The van der Waals surface area contributed by atoms with E-state index in [-0.39, 0.29) is 0 Å². The largest absolute Gasteiger partial charge is 0.348 e. The SMILES string of the molecule is CC1CC(NCc2ncc[nH]2)CC(C)(C)C1. The molecule has 2 rings (SSSR count). The molecule has 90 valence electrons. The lowest BCUT2D eigenvalue weighted by atomic mass is 9.70. The summed E-state index contributed by atoms with van der Waals surface area (Å²) in [6, 6.07) is 0.642. The molecule has 0 spiro atoms. The zero-order valence-corrected chi connectivity index (χ0v) is 10.6. The van der Waals surface area contributed by atoms with Crippen molar-refractivity contribution < 1.29 is 0 Å². The number of imidazole rings is 1. The summed E-state index contributed by atoms with van der Waals surface area (Å²) in [6.45, 7) is 7.98. The third-order valence-corrected chi connectivity index (χ3v) is 3.50. The predicted molar refractivity (Wildman–Crippen MR) is 66.0 cm³/mol. The van der Waals surface area contributed by atoms with Gasteiger partial charge in [0.05, 0.1) is 6.54 Å². The van der Waals surface area contributed by atoms with E-state index in [9.17, 15) is 0 Å². The summed E-state index contributed by atoms with van der Waals surface area (Å²) in [5.41, 5.74) is 0.485. The molecule has 0 bridgehead atoms. The molecule has 0 aromatic carbocycles. The van der Waals surface area contributed by atoms with Gasteiger partial charge < -0.3 is 10.3 Å². The van der Waals surface area contributed by atoms with Gasteiger partial charge in [-0.05, 0) is 30.6 Å². The molecule has 2 unspecified atom stereocenters. The molecule has 1 saturated carbocycles. The summed E-state index contributed by atoms with van der Waals surface area (Å²) in [5.74, 6) is 1.87. The fraction of sp³-hybridized carbons (Fsp3) is 0.769. The first kappa shape index (κ1) is 11.6. The van der Waals surface area contributed by atoms with Gasteiger partial charge in [0.2, 0.25) is 0 Å². The molecule has 0 saturated heterocycles. The molecule has 3 heteroatoms. The summed E-state index contributed by atoms with van der Waals surface area (Å²) >= 11 is 0. The Balaban J connectivity index is 1.85. The molecule has 1 aromatic rings. The van der Waals surface area contributed by atoms with E-state index in [1.165, 1.54) is 19.3 Å². The van der Waals surface area contributed by atoms with Crippen LogP contribution in [0.4, 0.5) is 0 Å². The van der Waals surface area contributed by atoms with Crippen molar-refractivity contribution >= 4 is 0 Å². The lowest BCUT2D eigenvalue weighted by Gasteiger charge is -2.39. The van der Waals surface area contributed by atoms with Gasteiger partial charge in [-0.25, -0.2) is 4.98 Å². The third kappa shape index (κ3) is 3.08. The van der Waals surface area contributed by atoms with E-state index in [0.717, 1.165) is 18.3 Å². The van der Waals surface area contributed by atoms with Crippen LogP contribution in [0, 0.1) is 11.3 Å². The predicted octanol–water partition coefficient (Wildman–Crippen LogP) is 2.71. The Morgan fingerprint density at radius 1 is 1.50 bits per heavy atom. The van der Waals surface area contributed by atoms with Crippen molar-refractivity contribution in [1.29, 1.82) is 0 Å². The number of nitrogens with one attached hydrogen (secondary N) is 2. The van der Waals surface area contributed by atoms with E-state index in [2.05, 4.69) is 36.1 Å². The Morgan fingerprint density at radius 2 is 2.31 bits per heavy atom. The number of aromatic nitrogens is 2. The molecule has 1 heterocycles. The van der Waals surface area contributed by atoms with Crippen LogP contribution < -0.4 is 5.32 Å². The van der Waals surface area contributed by atoms with Crippen LogP contribution in [-0.4, -0.2) is 16.0 Å². The number of hydrogen-bond donors (Lipinski definition) is 2. The van der Waals surface area contributed by atoms with Gasteiger partial charge in [0.25, 0.3) is 0 Å². The quantitative estimate of drug-likeness (QED) is 0.824. The van der Waals surface area contributed by atoms with E-state index in [0.29, 0.717) is 11.5 Å². The van der Waals surface area contributed by atoms with Crippen LogP contribution >= 0.6 is 0 Å². The molecule has 0 amide bonds. The number of aromatic amines is 1. The standard InChI is InChI=1S/C13H23N3/c1-10-6-11(8-13(2,3)7-10)16-9-12-14-4-5-15-12/h4-5,10-11,16H,6-9H2,1-3H3,(H,14,15). The average molecular weight is 221 g/mol. The lowest BCUT2D eigenvalue weighted by Crippen LogP contribution is -2.39. The summed E-state index contributed by atoms with van der Waals surface area (Å²) in [7, 11) is 0. The van der Waals surface area contributed by atoms with Gasteiger partial charge in [-0.1, -0.05) is 20.8 Å². The number of hydrogen-bond acceptors (Lipinski definition) is 2. The molecule has 1 fully saturated rings. The second-order valence-corrected chi connectivity index (χ2v) is 6.03. The maximum Gasteiger partial charge on any atom is 0.120 e. The van der Waals surface area contributed by atoms with E-state index in [1.807, 2.05) is 12.4 Å². The monoisotopic (exact) mass is 221 g/mol. The highest BCUT2D eigenvalue weighted by Crippen LogP contribution is 2.38. The highest BCUT2D eigenvalue weighted by Gasteiger charge is 2.31. The molecule has 0 radical (unpaired) electrons. The first-order chi connectivity index (χ1) is 7.55. The lowest BCUT2D eigenvalue weighted by molar-refractivity contribution is 0.150. The van der Waals surface area contributed by atoms with Crippen LogP contribution in [0.15, 0.2) is 12.4 Å². The molecule has 1 aliphatic carbocycles. The van der Waals surface area contributed by atoms with E-state index < -0.39 is 0 Å². The van der Waals surface area contributed by atoms with Gasteiger partial charge in [-0.2, -0.15) is 0 Å². The highest BCUT2D eigenvalue weighted by molar-refractivity contribution is 4.90. The maximum atomic E-state index is 4.24.